The molecule has 1 aromatic carbocycles. The monoisotopic (exact) mass is 392 g/mol. The van der Waals surface area contributed by atoms with E-state index in [0.717, 1.165) is 30.0 Å². The SMILES string of the molecule is CCOc1ccc(OCC2CC(c3cc([C@H](C)NC(C)=O)no3)C2)c(Cl)c1. The van der Waals surface area contributed by atoms with Crippen molar-refractivity contribution < 1.29 is 18.8 Å². The number of carbonyl (C=O) groups is 1. The highest BCUT2D eigenvalue weighted by Crippen LogP contribution is 2.42. The Labute approximate surface area is 164 Å². The Bertz CT molecular complexity index is 786. The van der Waals surface area contributed by atoms with Crippen LogP contribution in [0.4, 0.5) is 0 Å². The molecule has 2 aromatic rings. The third-order valence-corrected chi connectivity index (χ3v) is 5.03. The van der Waals surface area contributed by atoms with Crippen LogP contribution >= 0.6 is 11.6 Å². The van der Waals surface area contributed by atoms with E-state index >= 15 is 0 Å². The summed E-state index contributed by atoms with van der Waals surface area (Å²) in [6.45, 7) is 6.54. The number of benzene rings is 1. The number of amides is 1. The number of nitrogens with zero attached hydrogens (tertiary/aromatic N) is 1. The molecule has 1 atom stereocenters. The number of nitrogens with one attached hydrogen (secondary N) is 1. The molecule has 1 saturated carbocycles. The number of hydrogen-bond acceptors (Lipinski definition) is 5. The van der Waals surface area contributed by atoms with Crippen LogP contribution in [0.2, 0.25) is 5.02 Å². The van der Waals surface area contributed by atoms with Crippen molar-refractivity contribution in [3.05, 3.63) is 40.7 Å². The largest absolute Gasteiger partial charge is 0.494 e. The molecule has 27 heavy (non-hydrogen) atoms. The Morgan fingerprint density at radius 1 is 1.37 bits per heavy atom. The zero-order valence-electron chi connectivity index (χ0n) is 15.8. The highest BCUT2D eigenvalue weighted by atomic mass is 35.5. The number of aromatic nitrogens is 1. The van der Waals surface area contributed by atoms with Crippen molar-refractivity contribution in [2.24, 2.45) is 5.92 Å². The molecule has 0 saturated heterocycles. The molecule has 3 rings (SSSR count). The van der Waals surface area contributed by atoms with Crippen molar-refractivity contribution in [2.45, 2.75) is 45.6 Å². The Kier molecular flexibility index (Phi) is 6.26. The molecule has 0 unspecified atom stereocenters. The van der Waals surface area contributed by atoms with E-state index in [1.807, 2.05) is 32.0 Å². The lowest BCUT2D eigenvalue weighted by Crippen LogP contribution is -2.27. The van der Waals surface area contributed by atoms with Gasteiger partial charge in [0, 0.05) is 25.0 Å². The van der Waals surface area contributed by atoms with Crippen LogP contribution in [0.15, 0.2) is 28.8 Å². The third-order valence-electron chi connectivity index (χ3n) is 4.74. The Morgan fingerprint density at radius 2 is 2.15 bits per heavy atom. The lowest BCUT2D eigenvalue weighted by atomic mass is 9.74. The fraction of sp³-hybridized carbons (Fsp3) is 0.500. The van der Waals surface area contributed by atoms with Gasteiger partial charge in [0.1, 0.15) is 23.0 Å². The van der Waals surface area contributed by atoms with Crippen LogP contribution in [-0.2, 0) is 4.79 Å². The van der Waals surface area contributed by atoms with Crippen LogP contribution in [0.3, 0.4) is 0 Å². The first-order valence-corrected chi connectivity index (χ1v) is 9.62. The molecular formula is C20H25ClN2O4. The topological polar surface area (TPSA) is 73.6 Å². The number of carbonyl (C=O) groups excluding carboxylic acids is 1. The molecule has 1 fully saturated rings. The van der Waals surface area contributed by atoms with Crippen molar-refractivity contribution >= 4 is 17.5 Å². The summed E-state index contributed by atoms with van der Waals surface area (Å²) >= 11 is 6.24. The highest BCUT2D eigenvalue weighted by molar-refractivity contribution is 6.32. The summed E-state index contributed by atoms with van der Waals surface area (Å²) in [5.41, 5.74) is 0.751. The average Bonchev–Trinajstić information content (AvgIpc) is 3.04. The van der Waals surface area contributed by atoms with Crippen LogP contribution in [0.5, 0.6) is 11.5 Å². The van der Waals surface area contributed by atoms with E-state index in [0.29, 0.717) is 35.8 Å². The molecular weight excluding hydrogens is 368 g/mol. The van der Waals surface area contributed by atoms with E-state index in [1.54, 1.807) is 6.07 Å². The lowest BCUT2D eigenvalue weighted by molar-refractivity contribution is -0.119. The molecule has 0 bridgehead atoms. The molecule has 0 spiro atoms. The molecule has 146 valence electrons. The summed E-state index contributed by atoms with van der Waals surface area (Å²) in [5.74, 6) is 3.01. The minimum Gasteiger partial charge on any atom is -0.494 e. The predicted octanol–water partition coefficient (Wildman–Crippen LogP) is 4.50. The Hall–Kier alpha value is -2.21. The van der Waals surface area contributed by atoms with Gasteiger partial charge < -0.3 is 19.3 Å². The van der Waals surface area contributed by atoms with Crippen LogP contribution in [0, 0.1) is 5.92 Å². The first-order valence-electron chi connectivity index (χ1n) is 9.25. The summed E-state index contributed by atoms with van der Waals surface area (Å²) in [6.07, 6.45) is 1.97. The van der Waals surface area contributed by atoms with E-state index < -0.39 is 0 Å². The third kappa shape index (κ3) is 4.95. The van der Waals surface area contributed by atoms with E-state index in [2.05, 4.69) is 10.5 Å². The van der Waals surface area contributed by atoms with Crippen molar-refractivity contribution in [3.8, 4) is 11.5 Å². The fourth-order valence-electron chi connectivity index (χ4n) is 3.25. The van der Waals surface area contributed by atoms with Crippen molar-refractivity contribution in [2.75, 3.05) is 13.2 Å². The first kappa shape index (κ1) is 19.5. The second kappa shape index (κ2) is 8.65. The second-order valence-electron chi connectivity index (χ2n) is 6.95. The maximum Gasteiger partial charge on any atom is 0.217 e. The fourth-order valence-corrected chi connectivity index (χ4v) is 3.47. The van der Waals surface area contributed by atoms with Crippen LogP contribution in [-0.4, -0.2) is 24.3 Å². The van der Waals surface area contributed by atoms with Gasteiger partial charge in [-0.2, -0.15) is 0 Å². The van der Waals surface area contributed by atoms with Gasteiger partial charge in [0.25, 0.3) is 0 Å². The van der Waals surface area contributed by atoms with Gasteiger partial charge in [-0.25, -0.2) is 0 Å². The molecule has 1 aliphatic carbocycles. The molecule has 6 nitrogen and oxygen atoms in total. The van der Waals surface area contributed by atoms with E-state index in [9.17, 15) is 4.79 Å². The van der Waals surface area contributed by atoms with E-state index in [-0.39, 0.29) is 11.9 Å². The van der Waals surface area contributed by atoms with Gasteiger partial charge in [0.2, 0.25) is 5.91 Å². The van der Waals surface area contributed by atoms with Gasteiger partial charge >= 0.3 is 0 Å². The lowest BCUT2D eigenvalue weighted by Gasteiger charge is -2.33. The first-order chi connectivity index (χ1) is 13.0. The summed E-state index contributed by atoms with van der Waals surface area (Å²) in [4.78, 5) is 11.1. The van der Waals surface area contributed by atoms with E-state index in [4.69, 9.17) is 25.6 Å². The average molecular weight is 393 g/mol. The highest BCUT2D eigenvalue weighted by Gasteiger charge is 2.34. The molecule has 7 heteroatoms. The van der Waals surface area contributed by atoms with Gasteiger partial charge in [-0.15, -0.1) is 0 Å². The molecule has 0 aliphatic heterocycles. The number of rotatable bonds is 8. The Morgan fingerprint density at radius 3 is 2.81 bits per heavy atom. The normalized spacial score (nSPS) is 19.9. The number of ether oxygens (including phenoxy) is 2. The van der Waals surface area contributed by atoms with Gasteiger partial charge in [-0.05, 0) is 44.7 Å². The number of hydrogen-bond donors (Lipinski definition) is 1. The quantitative estimate of drug-likeness (QED) is 0.716. The Balaban J connectivity index is 1.46. The van der Waals surface area contributed by atoms with Crippen LogP contribution in [0.25, 0.3) is 0 Å². The van der Waals surface area contributed by atoms with Crippen molar-refractivity contribution in [1.29, 1.82) is 0 Å². The zero-order valence-corrected chi connectivity index (χ0v) is 16.6. The molecule has 1 aromatic heterocycles. The van der Waals surface area contributed by atoms with Gasteiger partial charge in [-0.1, -0.05) is 16.8 Å². The summed E-state index contributed by atoms with van der Waals surface area (Å²) < 4.78 is 16.7. The maximum absolute atomic E-state index is 11.1. The van der Waals surface area contributed by atoms with E-state index in [1.165, 1.54) is 6.92 Å². The molecule has 1 amide bonds. The summed E-state index contributed by atoms with van der Waals surface area (Å²) in [5, 5.41) is 7.44. The second-order valence-corrected chi connectivity index (χ2v) is 7.35. The summed E-state index contributed by atoms with van der Waals surface area (Å²) in [7, 11) is 0. The van der Waals surface area contributed by atoms with Crippen LogP contribution in [0.1, 0.15) is 57.0 Å². The van der Waals surface area contributed by atoms with Gasteiger partial charge in [0.05, 0.1) is 24.3 Å². The van der Waals surface area contributed by atoms with Crippen molar-refractivity contribution in [3.63, 3.8) is 0 Å². The minimum absolute atomic E-state index is 0.0825. The standard InChI is InChI=1S/C20H25ClN2O4/c1-4-25-16-5-6-19(17(21)9-16)26-11-14-7-15(8-14)20-10-18(23-27-20)12(2)22-13(3)24/h5-6,9-10,12,14-15H,4,7-8,11H2,1-3H3,(H,22,24)/t12-,14?,15?/m0/s1. The van der Waals surface area contributed by atoms with Gasteiger partial charge in [0.15, 0.2) is 0 Å². The zero-order chi connectivity index (χ0) is 19.4. The molecule has 0 radical (unpaired) electrons. The molecule has 1 aliphatic rings. The predicted molar refractivity (Wildman–Crippen MR) is 102 cm³/mol. The minimum atomic E-state index is -0.152. The molecule has 1 N–H and O–H groups in total. The molecule has 1 heterocycles. The maximum atomic E-state index is 11.1. The van der Waals surface area contributed by atoms with Crippen molar-refractivity contribution in [1.82, 2.24) is 10.5 Å². The summed E-state index contributed by atoms with van der Waals surface area (Å²) in [6, 6.07) is 7.26. The van der Waals surface area contributed by atoms with Crippen LogP contribution < -0.4 is 14.8 Å². The van der Waals surface area contributed by atoms with Gasteiger partial charge in [-0.3, -0.25) is 4.79 Å². The smallest absolute Gasteiger partial charge is 0.217 e. The number of halogens is 1.